The van der Waals surface area contributed by atoms with Gasteiger partial charge in [0.15, 0.2) is 0 Å². The molecule has 1 aliphatic carbocycles. The number of nitrogens with two attached hydrogens (primary N) is 1. The van der Waals surface area contributed by atoms with Gasteiger partial charge in [0, 0.05) is 27.9 Å². The maximum atomic E-state index is 12.2. The summed E-state index contributed by atoms with van der Waals surface area (Å²) in [5.74, 6) is 0.138. The van der Waals surface area contributed by atoms with Crippen LogP contribution >= 0.6 is 27.5 Å². The molecule has 1 aliphatic heterocycles. The van der Waals surface area contributed by atoms with Gasteiger partial charge in [0.2, 0.25) is 5.91 Å². The summed E-state index contributed by atoms with van der Waals surface area (Å²) < 4.78 is 0.987. The lowest BCUT2D eigenvalue weighted by molar-refractivity contribution is -0.125. The number of benzene rings is 1. The average Bonchev–Trinajstić information content (AvgIpc) is 3.11. The molecule has 22 heavy (non-hydrogen) atoms. The highest BCUT2D eigenvalue weighted by Gasteiger charge is 2.32. The summed E-state index contributed by atoms with van der Waals surface area (Å²) in [6.45, 7) is 0. The van der Waals surface area contributed by atoms with E-state index in [4.69, 9.17) is 17.3 Å². The summed E-state index contributed by atoms with van der Waals surface area (Å²) in [7, 11) is 0. The van der Waals surface area contributed by atoms with E-state index in [1.54, 1.807) is 0 Å². The lowest BCUT2D eigenvalue weighted by atomic mass is 10.0. The molecule has 120 valence electrons. The lowest BCUT2D eigenvalue weighted by Crippen LogP contribution is -2.46. The van der Waals surface area contributed by atoms with Crippen molar-refractivity contribution in [2.75, 3.05) is 0 Å². The average molecular weight is 388 g/mol. The van der Waals surface area contributed by atoms with Crippen LogP contribution in [0.4, 0.5) is 0 Å². The molecular formula is C15H20BrClN4O. The highest BCUT2D eigenvalue weighted by molar-refractivity contribution is 9.10. The molecule has 1 saturated heterocycles. The van der Waals surface area contributed by atoms with Crippen LogP contribution in [0, 0.1) is 5.92 Å². The summed E-state index contributed by atoms with van der Waals surface area (Å²) in [6, 6.07) is 6.02. The first kappa shape index (κ1) is 16.2. The molecule has 4 unspecified atom stereocenters. The molecule has 0 aromatic heterocycles. The molecule has 0 spiro atoms. The first-order valence-electron chi connectivity index (χ1n) is 7.55. The SMILES string of the molecule is NC1CCC(C(=O)NC2CC(c3cc(Br)ccc3Cl)NN2)C1. The van der Waals surface area contributed by atoms with Gasteiger partial charge in [-0.1, -0.05) is 27.5 Å². The van der Waals surface area contributed by atoms with Crippen LogP contribution in [0.3, 0.4) is 0 Å². The van der Waals surface area contributed by atoms with Crippen LogP contribution < -0.4 is 21.9 Å². The van der Waals surface area contributed by atoms with Crippen molar-refractivity contribution in [3.05, 3.63) is 33.3 Å². The zero-order valence-corrected chi connectivity index (χ0v) is 14.5. The third-order valence-electron chi connectivity index (χ3n) is 4.40. The molecule has 1 aromatic rings. The Morgan fingerprint density at radius 1 is 1.32 bits per heavy atom. The van der Waals surface area contributed by atoms with E-state index in [9.17, 15) is 4.79 Å². The van der Waals surface area contributed by atoms with Crippen LogP contribution in [0.5, 0.6) is 0 Å². The molecule has 1 amide bonds. The first-order chi connectivity index (χ1) is 10.5. The maximum Gasteiger partial charge on any atom is 0.224 e. The minimum atomic E-state index is -0.0932. The standard InChI is InChI=1S/C15H20BrClN4O/c16-9-2-4-12(17)11(6-9)13-7-14(21-20-13)19-15(22)8-1-3-10(18)5-8/h2,4,6,8,10,13-14,20-21H,1,3,5,7,18H2,(H,19,22). The summed E-state index contributed by atoms with van der Waals surface area (Å²) in [5, 5.41) is 3.77. The van der Waals surface area contributed by atoms with Gasteiger partial charge in [0.1, 0.15) is 0 Å². The van der Waals surface area contributed by atoms with Crippen molar-refractivity contribution in [2.45, 2.75) is 43.9 Å². The second-order valence-corrected chi connectivity index (χ2v) is 7.40. The van der Waals surface area contributed by atoms with Gasteiger partial charge in [0.25, 0.3) is 0 Å². The molecule has 5 N–H and O–H groups in total. The summed E-state index contributed by atoms with van der Waals surface area (Å²) >= 11 is 9.72. The van der Waals surface area contributed by atoms with Gasteiger partial charge in [-0.25, -0.2) is 10.9 Å². The summed E-state index contributed by atoms with van der Waals surface area (Å²) in [5.41, 5.74) is 13.2. The molecule has 2 aliphatic rings. The Hall–Kier alpha value is -0.660. The Bertz CT molecular complexity index is 570. The van der Waals surface area contributed by atoms with E-state index in [2.05, 4.69) is 32.1 Å². The number of halogens is 2. The Morgan fingerprint density at radius 2 is 2.14 bits per heavy atom. The number of hydrogen-bond acceptors (Lipinski definition) is 4. The minimum absolute atomic E-state index is 0.0466. The van der Waals surface area contributed by atoms with Crippen LogP contribution in [0.15, 0.2) is 22.7 Å². The van der Waals surface area contributed by atoms with Gasteiger partial charge in [-0.05, 0) is 43.0 Å². The summed E-state index contributed by atoms with van der Waals surface area (Å²) in [4.78, 5) is 12.2. The van der Waals surface area contributed by atoms with Crippen molar-refractivity contribution >= 4 is 33.4 Å². The van der Waals surface area contributed by atoms with E-state index < -0.39 is 0 Å². The third-order valence-corrected chi connectivity index (χ3v) is 5.23. The Labute approximate surface area is 143 Å². The summed E-state index contributed by atoms with van der Waals surface area (Å²) in [6.07, 6.45) is 3.26. The predicted molar refractivity (Wildman–Crippen MR) is 90.0 cm³/mol. The van der Waals surface area contributed by atoms with Crippen molar-refractivity contribution in [1.29, 1.82) is 0 Å². The van der Waals surface area contributed by atoms with E-state index in [1.807, 2.05) is 18.2 Å². The zero-order valence-electron chi connectivity index (χ0n) is 12.1. The second-order valence-electron chi connectivity index (χ2n) is 6.07. The number of amides is 1. The molecule has 1 aromatic carbocycles. The maximum absolute atomic E-state index is 12.2. The fraction of sp³-hybridized carbons (Fsp3) is 0.533. The van der Waals surface area contributed by atoms with Crippen molar-refractivity contribution in [3.63, 3.8) is 0 Å². The van der Waals surface area contributed by atoms with E-state index in [1.165, 1.54) is 0 Å². The number of nitrogens with one attached hydrogen (secondary N) is 3. The van der Waals surface area contributed by atoms with Crippen LogP contribution in [-0.2, 0) is 4.79 Å². The van der Waals surface area contributed by atoms with Crippen molar-refractivity contribution < 1.29 is 4.79 Å². The molecule has 7 heteroatoms. The first-order valence-corrected chi connectivity index (χ1v) is 8.72. The number of hydrazine groups is 1. The fourth-order valence-corrected chi connectivity index (χ4v) is 3.81. The quantitative estimate of drug-likeness (QED) is 0.641. The number of rotatable bonds is 3. The van der Waals surface area contributed by atoms with Gasteiger partial charge in [-0.2, -0.15) is 0 Å². The molecular weight excluding hydrogens is 368 g/mol. The predicted octanol–water partition coefficient (Wildman–Crippen LogP) is 2.21. The smallest absolute Gasteiger partial charge is 0.224 e. The monoisotopic (exact) mass is 386 g/mol. The number of carbonyl (C=O) groups excluding carboxylic acids is 1. The van der Waals surface area contributed by atoms with E-state index in [0.29, 0.717) is 0 Å². The molecule has 1 heterocycles. The largest absolute Gasteiger partial charge is 0.339 e. The van der Waals surface area contributed by atoms with Gasteiger partial charge in [-0.15, -0.1) is 0 Å². The highest BCUT2D eigenvalue weighted by Crippen LogP contribution is 2.31. The van der Waals surface area contributed by atoms with Crippen LogP contribution in [-0.4, -0.2) is 18.1 Å². The van der Waals surface area contributed by atoms with Crippen LogP contribution in [0.2, 0.25) is 5.02 Å². The van der Waals surface area contributed by atoms with Crippen molar-refractivity contribution in [2.24, 2.45) is 11.7 Å². The van der Waals surface area contributed by atoms with E-state index >= 15 is 0 Å². The van der Waals surface area contributed by atoms with Gasteiger partial charge in [0.05, 0.1) is 12.2 Å². The van der Waals surface area contributed by atoms with Gasteiger partial charge in [-0.3, -0.25) is 4.79 Å². The van der Waals surface area contributed by atoms with Gasteiger partial charge < -0.3 is 11.1 Å². The number of hydrogen-bond donors (Lipinski definition) is 4. The molecule has 2 fully saturated rings. The Kier molecular flexibility index (Phi) is 5.04. The fourth-order valence-electron chi connectivity index (χ4n) is 3.18. The lowest BCUT2D eigenvalue weighted by Gasteiger charge is -2.16. The number of carbonyl (C=O) groups is 1. The Morgan fingerprint density at radius 3 is 2.86 bits per heavy atom. The van der Waals surface area contributed by atoms with Crippen molar-refractivity contribution in [1.82, 2.24) is 16.2 Å². The van der Waals surface area contributed by atoms with Crippen LogP contribution in [0.25, 0.3) is 0 Å². The molecule has 1 saturated carbocycles. The second kappa shape index (κ2) is 6.84. The molecule has 4 atom stereocenters. The van der Waals surface area contributed by atoms with E-state index in [0.717, 1.165) is 40.7 Å². The molecule has 0 radical (unpaired) electrons. The zero-order chi connectivity index (χ0) is 15.7. The topological polar surface area (TPSA) is 79.2 Å². The Balaban J connectivity index is 1.58. The minimum Gasteiger partial charge on any atom is -0.339 e. The molecule has 5 nitrogen and oxygen atoms in total. The highest BCUT2D eigenvalue weighted by atomic mass is 79.9. The van der Waals surface area contributed by atoms with E-state index in [-0.39, 0.29) is 30.1 Å². The third kappa shape index (κ3) is 3.63. The van der Waals surface area contributed by atoms with Crippen molar-refractivity contribution in [3.8, 4) is 0 Å². The normalized spacial score (nSPS) is 31.4. The molecule has 3 rings (SSSR count). The molecule has 0 bridgehead atoms. The van der Waals surface area contributed by atoms with Crippen LogP contribution in [0.1, 0.15) is 37.3 Å². The van der Waals surface area contributed by atoms with Gasteiger partial charge >= 0.3 is 0 Å².